The summed E-state index contributed by atoms with van der Waals surface area (Å²) in [5, 5.41) is 0.534. The van der Waals surface area contributed by atoms with Crippen molar-refractivity contribution in [1.29, 1.82) is 0 Å². The summed E-state index contributed by atoms with van der Waals surface area (Å²) in [5.41, 5.74) is 0.470. The first-order valence-electron chi connectivity index (χ1n) is 7.89. The molecule has 2 aliphatic heterocycles. The van der Waals surface area contributed by atoms with Gasteiger partial charge in [0, 0.05) is 30.1 Å². The molecule has 0 aromatic heterocycles. The Morgan fingerprint density at radius 2 is 1.62 bits per heavy atom. The van der Waals surface area contributed by atoms with Crippen molar-refractivity contribution >= 4 is 33.3 Å². The van der Waals surface area contributed by atoms with E-state index in [1.807, 2.05) is 0 Å². The van der Waals surface area contributed by atoms with Crippen LogP contribution in [-0.2, 0) is 14.6 Å². The van der Waals surface area contributed by atoms with Crippen molar-refractivity contribution in [3.05, 3.63) is 34.9 Å². The highest BCUT2D eigenvalue weighted by atomic mass is 35.5. The molecule has 0 N–H and O–H groups in total. The molecule has 2 atom stereocenters. The van der Waals surface area contributed by atoms with Crippen LogP contribution in [0.4, 0.5) is 0 Å². The average Bonchev–Trinajstić information content (AvgIpc) is 2.88. The molecule has 1 aromatic rings. The molecule has 0 aliphatic carbocycles. The van der Waals surface area contributed by atoms with Gasteiger partial charge in [0.25, 0.3) is 5.91 Å². The van der Waals surface area contributed by atoms with E-state index in [2.05, 4.69) is 0 Å². The molecule has 0 saturated carbocycles. The second kappa shape index (κ2) is 6.37. The van der Waals surface area contributed by atoms with Gasteiger partial charge >= 0.3 is 0 Å². The molecule has 2 saturated heterocycles. The maximum atomic E-state index is 12.8. The van der Waals surface area contributed by atoms with Crippen LogP contribution in [0.5, 0.6) is 0 Å². The van der Waals surface area contributed by atoms with Gasteiger partial charge in [-0.2, -0.15) is 0 Å². The minimum Gasteiger partial charge on any atom is -0.335 e. The maximum absolute atomic E-state index is 12.8. The number of nitrogens with zero attached hydrogens (tertiary/aromatic N) is 2. The van der Waals surface area contributed by atoms with Gasteiger partial charge in [-0.05, 0) is 24.3 Å². The van der Waals surface area contributed by atoms with Crippen molar-refractivity contribution in [2.24, 2.45) is 0 Å². The lowest BCUT2D eigenvalue weighted by Crippen LogP contribution is -2.61. The highest BCUT2D eigenvalue weighted by Crippen LogP contribution is 2.28. The normalized spacial score (nSPS) is 25.4. The summed E-state index contributed by atoms with van der Waals surface area (Å²) in [7, 11) is -3.27. The van der Waals surface area contributed by atoms with Crippen LogP contribution in [0.25, 0.3) is 0 Å². The van der Waals surface area contributed by atoms with Crippen LogP contribution >= 0.6 is 11.6 Å². The van der Waals surface area contributed by atoms with Crippen LogP contribution in [0.3, 0.4) is 0 Å². The maximum Gasteiger partial charge on any atom is 0.254 e. The van der Waals surface area contributed by atoms with Crippen LogP contribution in [0.1, 0.15) is 23.7 Å². The van der Waals surface area contributed by atoms with E-state index in [9.17, 15) is 18.0 Å². The lowest BCUT2D eigenvalue weighted by Gasteiger charge is -2.43. The molecular formula is C16H19ClN2O4S. The van der Waals surface area contributed by atoms with E-state index in [1.165, 1.54) is 0 Å². The fourth-order valence-corrected chi connectivity index (χ4v) is 5.58. The van der Waals surface area contributed by atoms with Gasteiger partial charge in [-0.15, -0.1) is 0 Å². The number of carbonyl (C=O) groups is 2. The molecule has 2 amide bonds. The first kappa shape index (κ1) is 17.2. The van der Waals surface area contributed by atoms with Gasteiger partial charge < -0.3 is 9.80 Å². The molecule has 0 radical (unpaired) electrons. The molecule has 2 fully saturated rings. The predicted octanol–water partition coefficient (Wildman–Crippen LogP) is 1.20. The number of rotatable bonds is 2. The molecular weight excluding hydrogens is 352 g/mol. The molecule has 130 valence electrons. The Morgan fingerprint density at radius 1 is 1.08 bits per heavy atom. The monoisotopic (exact) mass is 370 g/mol. The van der Waals surface area contributed by atoms with E-state index in [-0.39, 0.29) is 23.3 Å². The average molecular weight is 371 g/mol. The summed E-state index contributed by atoms with van der Waals surface area (Å²) < 4.78 is 24.2. The molecule has 6 nitrogen and oxygen atoms in total. The highest BCUT2D eigenvalue weighted by molar-refractivity contribution is 7.91. The number of benzene rings is 1. The summed E-state index contributed by atoms with van der Waals surface area (Å²) in [6, 6.07) is 5.59. The molecule has 2 heterocycles. The Hall–Kier alpha value is -1.60. The zero-order chi connectivity index (χ0) is 17.5. The van der Waals surface area contributed by atoms with E-state index < -0.39 is 21.9 Å². The number of fused-ring (bicyclic) bond motifs is 1. The minimum atomic E-state index is -3.27. The Balaban J connectivity index is 1.89. The second-order valence-electron chi connectivity index (χ2n) is 6.16. The summed E-state index contributed by atoms with van der Waals surface area (Å²) >= 11 is 5.85. The minimum absolute atomic E-state index is 0.0688. The van der Waals surface area contributed by atoms with E-state index in [1.54, 1.807) is 41.0 Å². The van der Waals surface area contributed by atoms with Gasteiger partial charge in [-0.3, -0.25) is 9.59 Å². The Kier molecular flexibility index (Phi) is 4.57. The van der Waals surface area contributed by atoms with Crippen LogP contribution in [0.2, 0.25) is 5.02 Å². The molecule has 3 rings (SSSR count). The first-order chi connectivity index (χ1) is 11.3. The van der Waals surface area contributed by atoms with Gasteiger partial charge in [0.1, 0.15) is 0 Å². The molecule has 0 unspecified atom stereocenters. The van der Waals surface area contributed by atoms with Crippen molar-refractivity contribution in [3.8, 4) is 0 Å². The SMILES string of the molecule is CCC(=O)N1CCN(C(=O)c2ccc(Cl)cc2)[C@@H]2CS(=O)(=O)C[C@@H]21. The topological polar surface area (TPSA) is 74.8 Å². The zero-order valence-corrected chi connectivity index (χ0v) is 14.9. The second-order valence-corrected chi connectivity index (χ2v) is 8.75. The number of piperazine rings is 1. The fourth-order valence-electron chi connectivity index (χ4n) is 3.48. The summed E-state index contributed by atoms with van der Waals surface area (Å²) in [5.74, 6) is -0.457. The molecule has 0 spiro atoms. The Morgan fingerprint density at radius 3 is 2.21 bits per heavy atom. The summed E-state index contributed by atoms with van der Waals surface area (Å²) in [6.07, 6.45) is 0.328. The Labute approximate surface area is 146 Å². The third-order valence-electron chi connectivity index (χ3n) is 4.65. The van der Waals surface area contributed by atoms with Crippen molar-refractivity contribution in [3.63, 3.8) is 0 Å². The van der Waals surface area contributed by atoms with Crippen LogP contribution in [-0.4, -0.2) is 66.7 Å². The van der Waals surface area contributed by atoms with Crippen LogP contribution in [0, 0.1) is 0 Å². The van der Waals surface area contributed by atoms with Crippen LogP contribution < -0.4 is 0 Å². The fraction of sp³-hybridized carbons (Fsp3) is 0.500. The van der Waals surface area contributed by atoms with Crippen molar-refractivity contribution in [2.75, 3.05) is 24.6 Å². The van der Waals surface area contributed by atoms with Gasteiger partial charge in [0.2, 0.25) is 5.91 Å². The zero-order valence-electron chi connectivity index (χ0n) is 13.3. The smallest absolute Gasteiger partial charge is 0.254 e. The summed E-state index contributed by atoms with van der Waals surface area (Å²) in [4.78, 5) is 28.1. The number of halogens is 1. The number of hydrogen-bond donors (Lipinski definition) is 0. The molecule has 24 heavy (non-hydrogen) atoms. The highest BCUT2D eigenvalue weighted by Gasteiger charge is 2.49. The lowest BCUT2D eigenvalue weighted by atomic mass is 10.0. The van der Waals surface area contributed by atoms with E-state index in [0.717, 1.165) is 0 Å². The van der Waals surface area contributed by atoms with Crippen LogP contribution in [0.15, 0.2) is 24.3 Å². The van der Waals surface area contributed by atoms with Gasteiger partial charge in [0.15, 0.2) is 9.84 Å². The standard InChI is InChI=1S/C16H19ClN2O4S/c1-2-15(20)18-7-8-19(14-10-24(22,23)9-13(14)18)16(21)11-3-5-12(17)6-4-11/h3-6,13-14H,2,7-10H2,1H3/t13-,14+/m0/s1. The largest absolute Gasteiger partial charge is 0.335 e. The number of amides is 2. The lowest BCUT2D eigenvalue weighted by molar-refractivity contribution is -0.135. The van der Waals surface area contributed by atoms with E-state index in [4.69, 9.17) is 11.6 Å². The summed E-state index contributed by atoms with van der Waals surface area (Å²) in [6.45, 7) is 2.46. The Bertz CT molecular complexity index is 763. The van der Waals surface area contributed by atoms with E-state index >= 15 is 0 Å². The number of carbonyl (C=O) groups excluding carboxylic acids is 2. The number of hydrogen-bond acceptors (Lipinski definition) is 4. The third kappa shape index (κ3) is 3.15. The third-order valence-corrected chi connectivity index (χ3v) is 6.60. The van der Waals surface area contributed by atoms with Gasteiger partial charge in [-0.1, -0.05) is 18.5 Å². The van der Waals surface area contributed by atoms with E-state index in [0.29, 0.717) is 30.1 Å². The van der Waals surface area contributed by atoms with Gasteiger partial charge in [0.05, 0.1) is 23.6 Å². The van der Waals surface area contributed by atoms with Crippen molar-refractivity contribution in [2.45, 2.75) is 25.4 Å². The van der Waals surface area contributed by atoms with Crippen molar-refractivity contribution in [1.82, 2.24) is 9.80 Å². The number of sulfone groups is 1. The van der Waals surface area contributed by atoms with Crippen molar-refractivity contribution < 1.29 is 18.0 Å². The molecule has 8 heteroatoms. The first-order valence-corrected chi connectivity index (χ1v) is 10.1. The molecule has 1 aromatic carbocycles. The molecule has 0 bridgehead atoms. The predicted molar refractivity (Wildman–Crippen MR) is 90.7 cm³/mol. The quantitative estimate of drug-likeness (QED) is 0.784. The molecule has 2 aliphatic rings. The van der Waals surface area contributed by atoms with Gasteiger partial charge in [-0.25, -0.2) is 8.42 Å².